The Morgan fingerprint density at radius 2 is 1.83 bits per heavy atom. The highest BCUT2D eigenvalue weighted by Crippen LogP contribution is 2.17. The van der Waals surface area contributed by atoms with Gasteiger partial charge in [0.2, 0.25) is 5.91 Å². The van der Waals surface area contributed by atoms with Crippen LogP contribution in [0.2, 0.25) is 0 Å². The zero-order valence-electron chi connectivity index (χ0n) is 16.6. The number of nitrogens with one attached hydrogen (secondary N) is 1. The van der Waals surface area contributed by atoms with Crippen molar-refractivity contribution in [1.29, 1.82) is 0 Å². The molecule has 0 bridgehead atoms. The number of hydrogen-bond acceptors (Lipinski definition) is 6. The number of rotatable bonds is 6. The number of hydrogen-bond donors (Lipinski definition) is 2. The van der Waals surface area contributed by atoms with Crippen LogP contribution in [0.3, 0.4) is 0 Å². The minimum absolute atomic E-state index is 0.0423. The Labute approximate surface area is 169 Å². The molecule has 2 fully saturated rings. The van der Waals surface area contributed by atoms with Crippen LogP contribution in [0.4, 0.5) is 4.79 Å². The standard InChI is InChI=1S/C20H26N4O5/c1-14(25)23-9-7-22(8-10-23)12-16(26)13-24-19(27)18(21-20(24)28)11-15-3-5-17(29-2)6-4-15/h3-6,11,16,26H,7-10,12-13H2,1-2H3,(H,21,28)/b18-11-. The molecule has 2 saturated heterocycles. The number of carbonyl (C=O) groups is 3. The summed E-state index contributed by atoms with van der Waals surface area (Å²) in [5.74, 6) is 0.273. The fourth-order valence-electron chi connectivity index (χ4n) is 3.42. The van der Waals surface area contributed by atoms with Crippen molar-refractivity contribution >= 4 is 23.9 Å². The van der Waals surface area contributed by atoms with Gasteiger partial charge in [0.1, 0.15) is 11.4 Å². The maximum atomic E-state index is 12.6. The predicted octanol–water partition coefficient (Wildman–Crippen LogP) is 0.113. The minimum atomic E-state index is -0.867. The molecule has 2 aliphatic heterocycles. The van der Waals surface area contributed by atoms with E-state index in [0.717, 1.165) is 10.5 Å². The van der Waals surface area contributed by atoms with Crippen molar-refractivity contribution in [2.45, 2.75) is 13.0 Å². The Morgan fingerprint density at radius 1 is 1.17 bits per heavy atom. The van der Waals surface area contributed by atoms with E-state index in [4.69, 9.17) is 4.74 Å². The number of ether oxygens (including phenoxy) is 1. The summed E-state index contributed by atoms with van der Waals surface area (Å²) in [6.45, 7) is 4.32. The number of imide groups is 1. The van der Waals surface area contributed by atoms with E-state index < -0.39 is 18.0 Å². The number of amides is 4. The third-order valence-corrected chi connectivity index (χ3v) is 5.07. The van der Waals surface area contributed by atoms with Gasteiger partial charge in [0.05, 0.1) is 19.8 Å². The molecule has 1 aromatic rings. The van der Waals surface area contributed by atoms with Crippen LogP contribution in [-0.2, 0) is 9.59 Å². The van der Waals surface area contributed by atoms with Crippen molar-refractivity contribution in [1.82, 2.24) is 20.0 Å². The summed E-state index contributed by atoms with van der Waals surface area (Å²) in [5, 5.41) is 12.9. The fraction of sp³-hybridized carbons (Fsp3) is 0.450. The molecule has 0 radical (unpaired) electrons. The molecule has 156 valence electrons. The number of aliphatic hydroxyl groups excluding tert-OH is 1. The molecule has 0 aliphatic carbocycles. The van der Waals surface area contributed by atoms with E-state index in [1.807, 2.05) is 4.90 Å². The molecule has 1 atom stereocenters. The highest BCUT2D eigenvalue weighted by Gasteiger charge is 2.35. The summed E-state index contributed by atoms with van der Waals surface area (Å²) in [7, 11) is 1.57. The van der Waals surface area contributed by atoms with Crippen molar-refractivity contribution in [2.24, 2.45) is 0 Å². The molecular formula is C20H26N4O5. The van der Waals surface area contributed by atoms with Crippen LogP contribution < -0.4 is 10.1 Å². The summed E-state index contributed by atoms with van der Waals surface area (Å²) in [5.41, 5.74) is 0.919. The molecule has 0 spiro atoms. The van der Waals surface area contributed by atoms with E-state index in [9.17, 15) is 19.5 Å². The molecule has 2 N–H and O–H groups in total. The minimum Gasteiger partial charge on any atom is -0.497 e. The number of nitrogens with zero attached hydrogens (tertiary/aromatic N) is 3. The maximum absolute atomic E-state index is 12.6. The van der Waals surface area contributed by atoms with Crippen LogP contribution in [0, 0.1) is 0 Å². The smallest absolute Gasteiger partial charge is 0.329 e. The number of urea groups is 1. The Bertz CT molecular complexity index is 800. The molecule has 1 unspecified atom stereocenters. The monoisotopic (exact) mass is 402 g/mol. The molecule has 2 heterocycles. The van der Waals surface area contributed by atoms with Gasteiger partial charge in [-0.25, -0.2) is 4.79 Å². The Balaban J connectivity index is 1.55. The van der Waals surface area contributed by atoms with Crippen molar-refractivity contribution in [3.8, 4) is 5.75 Å². The number of benzene rings is 1. The number of aliphatic hydroxyl groups is 1. The second kappa shape index (κ2) is 9.06. The molecular weight excluding hydrogens is 376 g/mol. The zero-order chi connectivity index (χ0) is 21.0. The van der Waals surface area contributed by atoms with E-state index in [1.165, 1.54) is 0 Å². The maximum Gasteiger partial charge on any atom is 0.329 e. The summed E-state index contributed by atoms with van der Waals surface area (Å²) in [6, 6.07) is 6.55. The van der Waals surface area contributed by atoms with Crippen molar-refractivity contribution in [3.63, 3.8) is 0 Å². The van der Waals surface area contributed by atoms with E-state index in [-0.39, 0.29) is 18.1 Å². The predicted molar refractivity (Wildman–Crippen MR) is 106 cm³/mol. The van der Waals surface area contributed by atoms with Gasteiger partial charge in [-0.15, -0.1) is 0 Å². The number of methoxy groups -OCH3 is 1. The Morgan fingerprint density at radius 3 is 2.41 bits per heavy atom. The van der Waals surface area contributed by atoms with Gasteiger partial charge in [0.15, 0.2) is 0 Å². The normalized spacial score (nSPS) is 20.2. The average molecular weight is 402 g/mol. The summed E-state index contributed by atoms with van der Waals surface area (Å²) >= 11 is 0. The van der Waals surface area contributed by atoms with Crippen molar-refractivity contribution < 1.29 is 24.2 Å². The van der Waals surface area contributed by atoms with Crippen LogP contribution >= 0.6 is 0 Å². The molecule has 3 rings (SSSR count). The lowest BCUT2D eigenvalue weighted by atomic mass is 10.2. The first-order valence-electron chi connectivity index (χ1n) is 9.52. The highest BCUT2D eigenvalue weighted by atomic mass is 16.5. The van der Waals surface area contributed by atoms with Gasteiger partial charge in [-0.3, -0.25) is 19.4 Å². The van der Waals surface area contributed by atoms with Gasteiger partial charge in [0, 0.05) is 39.6 Å². The van der Waals surface area contributed by atoms with Crippen LogP contribution in [0.5, 0.6) is 5.75 Å². The topological polar surface area (TPSA) is 102 Å². The van der Waals surface area contributed by atoms with E-state index in [0.29, 0.717) is 38.5 Å². The van der Waals surface area contributed by atoms with Crippen LogP contribution in [0.15, 0.2) is 30.0 Å². The van der Waals surface area contributed by atoms with Gasteiger partial charge >= 0.3 is 6.03 Å². The van der Waals surface area contributed by atoms with E-state index in [1.54, 1.807) is 49.3 Å². The van der Waals surface area contributed by atoms with Gasteiger partial charge in [-0.05, 0) is 23.8 Å². The third-order valence-electron chi connectivity index (χ3n) is 5.07. The third kappa shape index (κ3) is 5.12. The zero-order valence-corrected chi connectivity index (χ0v) is 16.6. The first-order valence-corrected chi connectivity index (χ1v) is 9.52. The van der Waals surface area contributed by atoms with Gasteiger partial charge in [-0.1, -0.05) is 12.1 Å². The SMILES string of the molecule is COc1ccc(/C=C2\NC(=O)N(CC(O)CN3CCN(C(C)=O)CC3)C2=O)cc1. The van der Waals surface area contributed by atoms with Crippen LogP contribution in [0.25, 0.3) is 6.08 Å². The first kappa shape index (κ1) is 20.8. The Hall–Kier alpha value is -2.91. The number of β-amino-alcohol motifs (C(OH)–C–C–N with tert-alkyl or cyclic N) is 1. The van der Waals surface area contributed by atoms with Gasteiger partial charge < -0.3 is 20.1 Å². The largest absolute Gasteiger partial charge is 0.497 e. The van der Waals surface area contributed by atoms with Crippen LogP contribution in [0.1, 0.15) is 12.5 Å². The number of piperazine rings is 1. The molecule has 4 amide bonds. The second-order valence-electron chi connectivity index (χ2n) is 7.14. The summed E-state index contributed by atoms with van der Waals surface area (Å²) in [4.78, 5) is 41.0. The summed E-state index contributed by atoms with van der Waals surface area (Å²) < 4.78 is 5.10. The number of carbonyl (C=O) groups excluding carboxylic acids is 3. The quantitative estimate of drug-likeness (QED) is 0.517. The lowest BCUT2D eigenvalue weighted by Gasteiger charge is -2.35. The first-order chi connectivity index (χ1) is 13.9. The molecule has 2 aliphatic rings. The lowest BCUT2D eigenvalue weighted by molar-refractivity contribution is -0.131. The Kier molecular flexibility index (Phi) is 6.50. The molecule has 9 heteroatoms. The molecule has 1 aromatic carbocycles. The van der Waals surface area contributed by atoms with E-state index >= 15 is 0 Å². The highest BCUT2D eigenvalue weighted by molar-refractivity contribution is 6.14. The molecule has 0 aromatic heterocycles. The average Bonchev–Trinajstić information content (AvgIpc) is 2.96. The second-order valence-corrected chi connectivity index (χ2v) is 7.14. The van der Waals surface area contributed by atoms with Gasteiger partial charge in [-0.2, -0.15) is 0 Å². The van der Waals surface area contributed by atoms with Crippen molar-refractivity contribution in [2.75, 3.05) is 46.4 Å². The van der Waals surface area contributed by atoms with Crippen molar-refractivity contribution in [3.05, 3.63) is 35.5 Å². The molecule has 29 heavy (non-hydrogen) atoms. The lowest BCUT2D eigenvalue weighted by Crippen LogP contribution is -2.51. The fourth-order valence-corrected chi connectivity index (χ4v) is 3.42. The van der Waals surface area contributed by atoms with Gasteiger partial charge in [0.25, 0.3) is 5.91 Å². The summed E-state index contributed by atoms with van der Waals surface area (Å²) in [6.07, 6.45) is 0.724. The van der Waals surface area contributed by atoms with Crippen LogP contribution in [-0.4, -0.2) is 90.1 Å². The molecule has 0 saturated carbocycles. The van der Waals surface area contributed by atoms with E-state index in [2.05, 4.69) is 5.32 Å². The molecule has 9 nitrogen and oxygen atoms in total.